The molecule has 5 nitrogen and oxygen atoms in total. The van der Waals surface area contributed by atoms with Crippen molar-refractivity contribution < 1.29 is 9.59 Å². The van der Waals surface area contributed by atoms with Gasteiger partial charge in [-0.2, -0.15) is 5.10 Å². The second-order valence-electron chi connectivity index (χ2n) is 7.15. The third-order valence-electron chi connectivity index (χ3n) is 5.15. The number of nitrogens with one attached hydrogen (secondary N) is 2. The van der Waals surface area contributed by atoms with Crippen LogP contribution in [-0.4, -0.2) is 17.5 Å². The van der Waals surface area contributed by atoms with E-state index in [1.165, 1.54) is 0 Å². The van der Waals surface area contributed by atoms with Crippen LogP contribution in [0.1, 0.15) is 37.8 Å². The van der Waals surface area contributed by atoms with Crippen molar-refractivity contribution in [1.82, 2.24) is 5.43 Å². The number of hydrazone groups is 1. The summed E-state index contributed by atoms with van der Waals surface area (Å²) in [7, 11) is 0. The lowest BCUT2D eigenvalue weighted by Gasteiger charge is -2.39. The minimum absolute atomic E-state index is 0.0476. The zero-order valence-corrected chi connectivity index (χ0v) is 12.8. The van der Waals surface area contributed by atoms with Gasteiger partial charge < -0.3 is 5.32 Å². The van der Waals surface area contributed by atoms with Crippen LogP contribution < -0.4 is 10.7 Å². The summed E-state index contributed by atoms with van der Waals surface area (Å²) in [6.45, 7) is 3.91. The topological polar surface area (TPSA) is 70.6 Å². The first-order valence-electron chi connectivity index (χ1n) is 7.78. The fraction of sp³-hybridized carbons (Fsp3) is 0.471. The number of hydrogen-bond acceptors (Lipinski definition) is 3. The van der Waals surface area contributed by atoms with Gasteiger partial charge in [0.1, 0.15) is 0 Å². The average Bonchev–Trinajstić information content (AvgIpc) is 2.41. The molecule has 2 heterocycles. The minimum atomic E-state index is -0.396. The van der Waals surface area contributed by atoms with Crippen molar-refractivity contribution in [2.75, 3.05) is 5.32 Å². The van der Waals surface area contributed by atoms with Crippen molar-refractivity contribution in [2.24, 2.45) is 22.4 Å². The lowest BCUT2D eigenvalue weighted by Crippen LogP contribution is -2.48. The third kappa shape index (κ3) is 1.88. The van der Waals surface area contributed by atoms with Crippen molar-refractivity contribution in [1.29, 1.82) is 0 Å². The Morgan fingerprint density at radius 3 is 2.68 bits per heavy atom. The number of hydrogen-bond donors (Lipinski definition) is 2. The van der Waals surface area contributed by atoms with E-state index in [0.29, 0.717) is 0 Å². The van der Waals surface area contributed by atoms with Crippen LogP contribution in [-0.2, 0) is 16.0 Å². The molecule has 2 unspecified atom stereocenters. The lowest BCUT2D eigenvalue weighted by atomic mass is 9.68. The van der Waals surface area contributed by atoms with Crippen molar-refractivity contribution in [2.45, 2.75) is 33.1 Å². The van der Waals surface area contributed by atoms with Crippen LogP contribution >= 0.6 is 0 Å². The Kier molecular flexibility index (Phi) is 2.71. The predicted octanol–water partition coefficient (Wildman–Crippen LogP) is 2.07. The Bertz CT molecular complexity index is 721. The summed E-state index contributed by atoms with van der Waals surface area (Å²) < 4.78 is 0. The molecule has 2 amide bonds. The zero-order valence-electron chi connectivity index (χ0n) is 12.8. The summed E-state index contributed by atoms with van der Waals surface area (Å²) in [6, 6.07) is 6.05. The van der Waals surface area contributed by atoms with Gasteiger partial charge in [0.15, 0.2) is 0 Å². The number of carbonyl (C=O) groups is 2. The molecule has 0 saturated heterocycles. The van der Waals surface area contributed by atoms with E-state index in [1.807, 2.05) is 26.0 Å². The molecular weight excluding hydrogens is 278 g/mol. The molecule has 0 aromatic heterocycles. The van der Waals surface area contributed by atoms with Crippen LogP contribution in [0.25, 0.3) is 0 Å². The first-order valence-corrected chi connectivity index (χ1v) is 7.78. The molecule has 22 heavy (non-hydrogen) atoms. The first-order chi connectivity index (χ1) is 10.5. The van der Waals surface area contributed by atoms with E-state index in [4.69, 9.17) is 0 Å². The molecule has 0 radical (unpaired) electrons. The van der Waals surface area contributed by atoms with E-state index in [9.17, 15) is 9.59 Å². The van der Waals surface area contributed by atoms with Crippen molar-refractivity contribution >= 4 is 23.2 Å². The number of benzene rings is 1. The number of fused-ring (bicyclic) bond motifs is 2. The van der Waals surface area contributed by atoms with Gasteiger partial charge in [-0.15, -0.1) is 0 Å². The Hall–Kier alpha value is -2.17. The van der Waals surface area contributed by atoms with E-state index < -0.39 is 5.41 Å². The summed E-state index contributed by atoms with van der Waals surface area (Å²) in [5.74, 6) is 0.443. The smallest absolute Gasteiger partial charge is 0.243 e. The van der Waals surface area contributed by atoms with Crippen LogP contribution in [0.2, 0.25) is 0 Å². The normalized spacial score (nSPS) is 28.5. The van der Waals surface area contributed by atoms with Crippen molar-refractivity contribution in [3.8, 4) is 0 Å². The maximum absolute atomic E-state index is 12.0. The van der Waals surface area contributed by atoms with Gasteiger partial charge in [0.05, 0.1) is 5.71 Å². The third-order valence-corrected chi connectivity index (χ3v) is 5.15. The predicted molar refractivity (Wildman–Crippen MR) is 83.5 cm³/mol. The van der Waals surface area contributed by atoms with Gasteiger partial charge in [-0.3, -0.25) is 9.59 Å². The van der Waals surface area contributed by atoms with E-state index in [0.717, 1.165) is 41.8 Å². The molecule has 3 aliphatic rings. The molecule has 2 N–H and O–H groups in total. The molecule has 2 aliphatic heterocycles. The summed E-state index contributed by atoms with van der Waals surface area (Å²) >= 11 is 0. The van der Waals surface area contributed by atoms with Gasteiger partial charge in [-0.05, 0) is 42.5 Å². The maximum atomic E-state index is 12.0. The van der Waals surface area contributed by atoms with Gasteiger partial charge >= 0.3 is 0 Å². The maximum Gasteiger partial charge on any atom is 0.243 e. The highest BCUT2D eigenvalue weighted by Crippen LogP contribution is 2.40. The SMILES string of the molecule is CC1(C)Cc2cc(C3=NNC(=O)C4CCC34)ccc2NC1=O. The van der Waals surface area contributed by atoms with E-state index in [1.54, 1.807) is 0 Å². The highest BCUT2D eigenvalue weighted by Gasteiger charge is 2.43. The second kappa shape index (κ2) is 4.41. The fourth-order valence-corrected chi connectivity index (χ4v) is 3.57. The van der Waals surface area contributed by atoms with Gasteiger partial charge in [-0.25, -0.2) is 5.43 Å². The van der Waals surface area contributed by atoms with Crippen LogP contribution in [0.5, 0.6) is 0 Å². The molecule has 114 valence electrons. The minimum Gasteiger partial charge on any atom is -0.325 e. The highest BCUT2D eigenvalue weighted by atomic mass is 16.2. The quantitative estimate of drug-likeness (QED) is 0.833. The molecule has 1 aromatic carbocycles. The second-order valence-corrected chi connectivity index (χ2v) is 7.15. The molecule has 1 fully saturated rings. The summed E-state index contributed by atoms with van der Waals surface area (Å²) in [6.07, 6.45) is 2.69. The van der Waals surface area contributed by atoms with Crippen LogP contribution in [0.4, 0.5) is 5.69 Å². The van der Waals surface area contributed by atoms with E-state index in [2.05, 4.69) is 21.9 Å². The van der Waals surface area contributed by atoms with Crippen molar-refractivity contribution in [3.05, 3.63) is 29.3 Å². The van der Waals surface area contributed by atoms with Gasteiger partial charge in [0.2, 0.25) is 11.8 Å². The van der Waals surface area contributed by atoms with Crippen LogP contribution in [0.3, 0.4) is 0 Å². The molecule has 0 bridgehead atoms. The van der Waals surface area contributed by atoms with Crippen LogP contribution in [0, 0.1) is 17.3 Å². The zero-order chi connectivity index (χ0) is 15.5. The average molecular weight is 297 g/mol. The molecule has 1 aliphatic carbocycles. The largest absolute Gasteiger partial charge is 0.325 e. The summed E-state index contributed by atoms with van der Waals surface area (Å²) in [5.41, 5.74) is 6.31. The molecule has 1 saturated carbocycles. The first kappa shape index (κ1) is 13.5. The molecule has 0 spiro atoms. The highest BCUT2D eigenvalue weighted by molar-refractivity contribution is 6.08. The monoisotopic (exact) mass is 297 g/mol. The fourth-order valence-electron chi connectivity index (χ4n) is 3.57. The molecule has 1 aromatic rings. The number of nitrogens with zero attached hydrogens (tertiary/aromatic N) is 1. The molecular formula is C17H19N3O2. The summed E-state index contributed by atoms with van der Waals surface area (Å²) in [4.78, 5) is 23.7. The molecule has 4 rings (SSSR count). The number of rotatable bonds is 1. The Labute approximate surface area is 129 Å². The lowest BCUT2D eigenvalue weighted by molar-refractivity contribution is -0.129. The van der Waals surface area contributed by atoms with Gasteiger partial charge in [0, 0.05) is 22.9 Å². The number of amides is 2. The van der Waals surface area contributed by atoms with Gasteiger partial charge in [0.25, 0.3) is 0 Å². The van der Waals surface area contributed by atoms with Crippen LogP contribution in [0.15, 0.2) is 23.3 Å². The Balaban J connectivity index is 1.71. The Morgan fingerprint density at radius 1 is 1.18 bits per heavy atom. The molecule has 2 atom stereocenters. The van der Waals surface area contributed by atoms with E-state index >= 15 is 0 Å². The number of anilines is 1. The Morgan fingerprint density at radius 2 is 1.95 bits per heavy atom. The van der Waals surface area contributed by atoms with Gasteiger partial charge in [-0.1, -0.05) is 19.9 Å². The van der Waals surface area contributed by atoms with E-state index in [-0.39, 0.29) is 23.7 Å². The van der Waals surface area contributed by atoms with Crippen molar-refractivity contribution in [3.63, 3.8) is 0 Å². The standard InChI is InChI=1S/C17H19N3O2/c1-17(2)8-10-7-9(3-6-13(10)18-16(17)22)14-11-4-5-12(11)15(21)20-19-14/h3,6-7,11-12H,4-5,8H2,1-2H3,(H,18,22)(H,20,21). The summed E-state index contributed by atoms with van der Waals surface area (Å²) in [5, 5.41) is 7.27. The molecule has 5 heteroatoms. The number of carbonyl (C=O) groups excluding carboxylic acids is 2.